The lowest BCUT2D eigenvalue weighted by Gasteiger charge is -2.39. The normalized spacial score (nSPS) is 15.7. The predicted octanol–water partition coefficient (Wildman–Crippen LogP) is 5.37. The molecule has 1 aromatic heterocycles. The number of carboxylic acid groups (broad SMARTS) is 1. The van der Waals surface area contributed by atoms with Crippen molar-refractivity contribution in [1.82, 2.24) is 9.88 Å². The molecule has 204 valence electrons. The number of aromatic nitrogens is 1. The molecule has 1 aliphatic heterocycles. The lowest BCUT2D eigenvalue weighted by molar-refractivity contribution is -0.165. The quantitative estimate of drug-likeness (QED) is 0.328. The van der Waals surface area contributed by atoms with E-state index in [9.17, 15) is 9.59 Å². The Balaban J connectivity index is 1.65. The number of carbonyl (C=O) groups is 2. The Morgan fingerprint density at radius 1 is 1.14 bits per heavy atom. The van der Waals surface area contributed by atoms with Crippen LogP contribution >= 0.6 is 0 Å². The average molecular weight is 532 g/mol. The van der Waals surface area contributed by atoms with Gasteiger partial charge in [0, 0.05) is 37.1 Å². The van der Waals surface area contributed by atoms with Gasteiger partial charge in [-0.2, -0.15) is 0 Å². The van der Waals surface area contributed by atoms with Crippen molar-refractivity contribution < 1.29 is 28.6 Å². The Hall–Kier alpha value is -2.85. The summed E-state index contributed by atoms with van der Waals surface area (Å²) in [6, 6.07) is 7.66. The van der Waals surface area contributed by atoms with E-state index >= 15 is 0 Å². The smallest absolute Gasteiger partial charge is 0.407 e. The lowest BCUT2D eigenvalue weighted by Crippen LogP contribution is -2.51. The first-order valence-electron chi connectivity index (χ1n) is 12.7. The van der Waals surface area contributed by atoms with Crippen molar-refractivity contribution in [1.29, 1.82) is 0 Å². The molecule has 2 aromatic rings. The number of amides is 1. The molecule has 2 heterocycles. The fraction of sp³-hybridized carbons (Fsp3) is 0.593. The topological polar surface area (TPSA) is 110 Å². The Labute approximate surface area is 220 Å². The van der Waals surface area contributed by atoms with E-state index in [0.717, 1.165) is 16.6 Å². The molecule has 1 fully saturated rings. The van der Waals surface area contributed by atoms with E-state index in [1.54, 1.807) is 6.20 Å². The molecule has 10 heteroatoms. The Bertz CT molecular complexity index is 1120. The summed E-state index contributed by atoms with van der Waals surface area (Å²) in [6.07, 6.45) is 0.0675. The van der Waals surface area contributed by atoms with Crippen LogP contribution < -0.4 is 10.1 Å². The molecule has 0 bridgehead atoms. The minimum atomic E-state index is -2.25. The van der Waals surface area contributed by atoms with Crippen molar-refractivity contribution in [3.05, 3.63) is 30.5 Å². The largest absolute Gasteiger partial charge is 0.490 e. The maximum Gasteiger partial charge on any atom is 0.407 e. The zero-order valence-electron chi connectivity index (χ0n) is 23.3. The fourth-order valence-electron chi connectivity index (χ4n) is 3.63. The van der Waals surface area contributed by atoms with Crippen LogP contribution in [0.4, 0.5) is 10.6 Å². The number of nitrogens with one attached hydrogen (secondary N) is 1. The summed E-state index contributed by atoms with van der Waals surface area (Å²) in [5.74, 6) is 1.22. The highest BCUT2D eigenvalue weighted by molar-refractivity contribution is 6.74. The SMILES string of the molecule is CC(C)(C)OC(=O)C(COc1ccc2cc(NCC3CN(C(=O)O)C3)ncc2c1)O[Si](C)(C)C(C)(C)C. The standard InChI is InChI=1S/C27H41N3O6Si/c1-26(2,3)35-24(31)22(36-37(7,8)27(4,5)6)17-34-21-10-9-19-12-23(29-14-20(19)11-21)28-13-18-15-30(16-18)25(32)33/h9-12,14,18,22H,13,15-17H2,1-8H3,(H,28,29)(H,32,33). The van der Waals surface area contributed by atoms with Gasteiger partial charge in [0.15, 0.2) is 14.4 Å². The van der Waals surface area contributed by atoms with E-state index in [1.165, 1.54) is 4.90 Å². The highest BCUT2D eigenvalue weighted by atomic mass is 28.4. The van der Waals surface area contributed by atoms with E-state index in [4.69, 9.17) is 19.0 Å². The molecule has 0 saturated carbocycles. The number of carbonyl (C=O) groups excluding carboxylic acids is 1. The number of hydrogen-bond acceptors (Lipinski definition) is 7. The molecule has 9 nitrogen and oxygen atoms in total. The first kappa shape index (κ1) is 28.7. The zero-order valence-corrected chi connectivity index (χ0v) is 24.3. The third kappa shape index (κ3) is 7.81. The molecule has 0 aliphatic carbocycles. The van der Waals surface area contributed by atoms with Crippen LogP contribution in [-0.2, 0) is 14.0 Å². The van der Waals surface area contributed by atoms with Gasteiger partial charge in [-0.05, 0) is 62.5 Å². The second-order valence-corrected chi connectivity index (χ2v) is 17.0. The molecule has 37 heavy (non-hydrogen) atoms. The van der Waals surface area contributed by atoms with Gasteiger partial charge in [0.1, 0.15) is 23.8 Å². The number of ether oxygens (including phenoxy) is 2. The summed E-state index contributed by atoms with van der Waals surface area (Å²) in [5, 5.41) is 14.1. The van der Waals surface area contributed by atoms with Crippen LogP contribution in [0.1, 0.15) is 41.5 Å². The summed E-state index contributed by atoms with van der Waals surface area (Å²) >= 11 is 0. The molecule has 2 N–H and O–H groups in total. The number of esters is 1. The molecule has 1 amide bonds. The second kappa shape index (κ2) is 10.9. The number of pyridine rings is 1. The van der Waals surface area contributed by atoms with Gasteiger partial charge < -0.3 is 29.2 Å². The number of benzene rings is 1. The molecule has 1 saturated heterocycles. The van der Waals surface area contributed by atoms with Crippen molar-refractivity contribution in [2.24, 2.45) is 5.92 Å². The number of fused-ring (bicyclic) bond motifs is 1. The molecule has 0 spiro atoms. The minimum Gasteiger partial charge on any atom is -0.490 e. The highest BCUT2D eigenvalue weighted by Gasteiger charge is 2.42. The molecule has 1 aromatic carbocycles. The predicted molar refractivity (Wildman–Crippen MR) is 147 cm³/mol. The van der Waals surface area contributed by atoms with E-state index in [2.05, 4.69) is 44.2 Å². The third-order valence-electron chi connectivity index (χ3n) is 6.81. The Kier molecular flexibility index (Phi) is 8.43. The van der Waals surface area contributed by atoms with Crippen molar-refractivity contribution >= 4 is 37.0 Å². The van der Waals surface area contributed by atoms with Gasteiger partial charge >= 0.3 is 12.1 Å². The minimum absolute atomic E-state index is 0.0503. The van der Waals surface area contributed by atoms with Gasteiger partial charge in [-0.3, -0.25) is 0 Å². The summed E-state index contributed by atoms with van der Waals surface area (Å²) in [7, 11) is -2.25. The monoisotopic (exact) mass is 531 g/mol. The van der Waals surface area contributed by atoms with E-state index in [0.29, 0.717) is 25.4 Å². The number of rotatable bonds is 9. The van der Waals surface area contributed by atoms with E-state index in [1.807, 2.05) is 45.0 Å². The van der Waals surface area contributed by atoms with Gasteiger partial charge in [0.25, 0.3) is 0 Å². The van der Waals surface area contributed by atoms with Crippen molar-refractivity contribution in [3.63, 3.8) is 0 Å². The molecule has 1 unspecified atom stereocenters. The number of likely N-dealkylation sites (tertiary alicyclic amines) is 1. The van der Waals surface area contributed by atoms with Crippen molar-refractivity contribution in [3.8, 4) is 5.75 Å². The lowest BCUT2D eigenvalue weighted by atomic mass is 10.0. The second-order valence-electron chi connectivity index (χ2n) is 12.2. The van der Waals surface area contributed by atoms with Crippen molar-refractivity contribution in [2.75, 3.05) is 31.6 Å². The van der Waals surface area contributed by atoms with Crippen molar-refractivity contribution in [2.45, 2.75) is 71.4 Å². The Morgan fingerprint density at radius 2 is 1.81 bits per heavy atom. The summed E-state index contributed by atoms with van der Waals surface area (Å²) in [6.45, 7) is 17.9. The average Bonchev–Trinajstić information content (AvgIpc) is 2.73. The van der Waals surface area contributed by atoms with Gasteiger partial charge in [0.05, 0.1) is 0 Å². The Morgan fingerprint density at radius 3 is 2.41 bits per heavy atom. The van der Waals surface area contributed by atoms with Crippen LogP contribution in [-0.4, -0.2) is 73.3 Å². The van der Waals surface area contributed by atoms with E-state index in [-0.39, 0.29) is 17.6 Å². The van der Waals surface area contributed by atoms with Gasteiger partial charge in [-0.15, -0.1) is 0 Å². The molecule has 0 radical (unpaired) electrons. The first-order valence-corrected chi connectivity index (χ1v) is 15.6. The van der Waals surface area contributed by atoms with Crippen LogP contribution in [0.3, 0.4) is 0 Å². The van der Waals surface area contributed by atoms with Crippen LogP contribution in [0.15, 0.2) is 30.5 Å². The highest BCUT2D eigenvalue weighted by Crippen LogP contribution is 2.37. The third-order valence-corrected chi connectivity index (χ3v) is 11.3. The van der Waals surface area contributed by atoms with Gasteiger partial charge in [-0.1, -0.05) is 26.8 Å². The van der Waals surface area contributed by atoms with Crippen LogP contribution in [0.5, 0.6) is 5.75 Å². The van der Waals surface area contributed by atoms with Crippen LogP contribution in [0.2, 0.25) is 18.1 Å². The fourth-order valence-corrected chi connectivity index (χ4v) is 4.86. The number of anilines is 1. The molecular formula is C27H41N3O6Si. The molecular weight excluding hydrogens is 490 g/mol. The maximum atomic E-state index is 13.0. The summed E-state index contributed by atoms with van der Waals surface area (Å²) in [5.41, 5.74) is -0.624. The zero-order chi connectivity index (χ0) is 27.6. The summed E-state index contributed by atoms with van der Waals surface area (Å²) < 4.78 is 18.1. The number of nitrogens with zero attached hydrogens (tertiary/aromatic N) is 2. The van der Waals surface area contributed by atoms with Gasteiger partial charge in [-0.25, -0.2) is 14.6 Å². The van der Waals surface area contributed by atoms with Gasteiger partial charge in [0.2, 0.25) is 0 Å². The first-order chi connectivity index (χ1) is 17.0. The summed E-state index contributed by atoms with van der Waals surface area (Å²) in [4.78, 5) is 29.7. The number of hydrogen-bond donors (Lipinski definition) is 2. The maximum absolute atomic E-state index is 13.0. The molecule has 1 atom stereocenters. The molecule has 3 rings (SSSR count). The van der Waals surface area contributed by atoms with Crippen LogP contribution in [0.25, 0.3) is 10.8 Å². The van der Waals surface area contributed by atoms with Crippen LogP contribution in [0, 0.1) is 5.92 Å². The van der Waals surface area contributed by atoms with E-state index < -0.39 is 32.1 Å². The molecule has 1 aliphatic rings.